The Balaban J connectivity index is 1.94. The Morgan fingerprint density at radius 1 is 0.939 bits per heavy atom. The zero-order valence-corrected chi connectivity index (χ0v) is 19.9. The van der Waals surface area contributed by atoms with Gasteiger partial charge in [0.05, 0.1) is 0 Å². The van der Waals surface area contributed by atoms with Crippen molar-refractivity contribution in [2.75, 3.05) is 5.32 Å². The Kier molecular flexibility index (Phi) is 9.11. The first kappa shape index (κ1) is 24.1. The summed E-state index contributed by atoms with van der Waals surface area (Å²) in [5.41, 5.74) is 7.56. The molecule has 0 atom stereocenters. The molecular weight excluding hydrogens is 422 g/mol. The molecule has 2 heteroatoms. The van der Waals surface area contributed by atoms with Gasteiger partial charge in [-0.15, -0.1) is 0 Å². The van der Waals surface area contributed by atoms with Crippen molar-refractivity contribution < 1.29 is 0 Å². The van der Waals surface area contributed by atoms with Crippen molar-refractivity contribution in [3.8, 4) is 0 Å². The number of para-hydroxylation sites is 1. The summed E-state index contributed by atoms with van der Waals surface area (Å²) >= 11 is 6.62. The molecule has 1 N–H and O–H groups in total. The fraction of sp³-hybridized carbons (Fsp3) is 0.0968. The van der Waals surface area contributed by atoms with Crippen LogP contribution in [-0.4, -0.2) is 0 Å². The summed E-state index contributed by atoms with van der Waals surface area (Å²) in [4.78, 5) is 0. The number of anilines is 1. The van der Waals surface area contributed by atoms with Crippen molar-refractivity contribution in [1.82, 2.24) is 0 Å². The lowest BCUT2D eigenvalue weighted by atomic mass is 9.90. The minimum Gasteiger partial charge on any atom is -0.361 e. The molecule has 0 aliphatic heterocycles. The molecule has 0 fully saturated rings. The number of rotatable bonds is 9. The quantitative estimate of drug-likeness (QED) is 0.374. The minimum atomic E-state index is 0.819. The fourth-order valence-electron chi connectivity index (χ4n) is 3.63. The Labute approximate surface area is 203 Å². The second-order valence-corrected chi connectivity index (χ2v) is 8.10. The molecule has 0 heterocycles. The molecule has 2 aromatic carbocycles. The van der Waals surface area contributed by atoms with Crippen molar-refractivity contribution in [1.29, 1.82) is 0 Å². The lowest BCUT2D eigenvalue weighted by Crippen LogP contribution is -2.01. The van der Waals surface area contributed by atoms with Gasteiger partial charge in [0, 0.05) is 22.5 Å². The van der Waals surface area contributed by atoms with Crippen LogP contribution in [-0.2, 0) is 0 Å². The summed E-state index contributed by atoms with van der Waals surface area (Å²) in [6, 6.07) is 18.5. The molecule has 0 saturated carbocycles. The van der Waals surface area contributed by atoms with Crippen LogP contribution in [0.4, 0.5) is 5.69 Å². The molecule has 0 radical (unpaired) electrons. The molecular formula is C31H30ClN. The largest absolute Gasteiger partial charge is 0.361 e. The summed E-state index contributed by atoms with van der Waals surface area (Å²) in [5, 5.41) is 4.41. The third-order valence-corrected chi connectivity index (χ3v) is 5.74. The van der Waals surface area contributed by atoms with Gasteiger partial charge < -0.3 is 5.32 Å². The SMILES string of the molecule is C=C/C=C\C(=C/Nc1ccccc1C(=C)/C=C\C=C/C)C1=CC(c2ccccc2)=C(Cl)CC1. The molecule has 0 amide bonds. The van der Waals surface area contributed by atoms with E-state index in [0.717, 1.165) is 51.4 Å². The predicted molar refractivity (Wildman–Crippen MR) is 147 cm³/mol. The van der Waals surface area contributed by atoms with Crippen LogP contribution in [0.15, 0.2) is 139 Å². The Morgan fingerprint density at radius 2 is 1.70 bits per heavy atom. The van der Waals surface area contributed by atoms with E-state index in [-0.39, 0.29) is 0 Å². The predicted octanol–water partition coefficient (Wildman–Crippen LogP) is 9.24. The summed E-state index contributed by atoms with van der Waals surface area (Å²) in [7, 11) is 0. The van der Waals surface area contributed by atoms with E-state index in [1.165, 1.54) is 5.57 Å². The Hall–Kier alpha value is -3.55. The van der Waals surface area contributed by atoms with Gasteiger partial charge in [-0.05, 0) is 59.8 Å². The molecule has 0 saturated heterocycles. The fourth-order valence-corrected chi connectivity index (χ4v) is 3.88. The number of allylic oxidation sites excluding steroid dienone is 13. The first-order chi connectivity index (χ1) is 16.1. The molecule has 1 aliphatic rings. The van der Waals surface area contributed by atoms with E-state index in [9.17, 15) is 0 Å². The van der Waals surface area contributed by atoms with Crippen LogP contribution < -0.4 is 5.32 Å². The zero-order valence-electron chi connectivity index (χ0n) is 19.1. The van der Waals surface area contributed by atoms with E-state index < -0.39 is 0 Å². The van der Waals surface area contributed by atoms with Crippen molar-refractivity contribution in [2.24, 2.45) is 0 Å². The highest BCUT2D eigenvalue weighted by Gasteiger charge is 2.15. The number of hydrogen-bond donors (Lipinski definition) is 1. The van der Waals surface area contributed by atoms with E-state index >= 15 is 0 Å². The molecule has 0 aromatic heterocycles. The average Bonchev–Trinajstić information content (AvgIpc) is 2.85. The Morgan fingerprint density at radius 3 is 2.45 bits per heavy atom. The highest BCUT2D eigenvalue weighted by atomic mass is 35.5. The number of hydrogen-bond acceptors (Lipinski definition) is 1. The van der Waals surface area contributed by atoms with E-state index in [1.807, 2.05) is 67.6 Å². The summed E-state index contributed by atoms with van der Waals surface area (Å²) in [6.07, 6.45) is 19.8. The van der Waals surface area contributed by atoms with Gasteiger partial charge in [0.15, 0.2) is 0 Å². The van der Waals surface area contributed by atoms with E-state index in [4.69, 9.17) is 11.6 Å². The van der Waals surface area contributed by atoms with Crippen LogP contribution >= 0.6 is 11.6 Å². The van der Waals surface area contributed by atoms with Crippen molar-refractivity contribution in [3.63, 3.8) is 0 Å². The summed E-state index contributed by atoms with van der Waals surface area (Å²) in [5.74, 6) is 0. The molecule has 1 nitrogen and oxygen atoms in total. The van der Waals surface area contributed by atoms with Gasteiger partial charge in [-0.1, -0.05) is 116 Å². The summed E-state index contributed by atoms with van der Waals surface area (Å²) in [6.45, 7) is 10.1. The maximum absolute atomic E-state index is 6.62. The first-order valence-corrected chi connectivity index (χ1v) is 11.5. The zero-order chi connectivity index (χ0) is 23.5. The third kappa shape index (κ3) is 6.71. The second kappa shape index (κ2) is 12.5. The highest BCUT2D eigenvalue weighted by molar-refractivity contribution is 6.33. The standard InChI is InChI=1S/C31H30ClN/c1-4-6-9-14-24(3)28-18-12-13-19-31(28)33-23-27(15-7-5-2)26-20-21-30(32)29(22-26)25-16-10-8-11-17-25/h4-19,22-23,33H,2-3,20-21H2,1H3/b6-4-,14-9-,15-7-,27-23+. The molecule has 33 heavy (non-hydrogen) atoms. The van der Waals surface area contributed by atoms with Gasteiger partial charge in [-0.2, -0.15) is 0 Å². The number of halogens is 1. The third-order valence-electron chi connectivity index (χ3n) is 5.35. The van der Waals surface area contributed by atoms with Crippen molar-refractivity contribution >= 4 is 28.4 Å². The van der Waals surface area contributed by atoms with Crippen molar-refractivity contribution in [3.05, 3.63) is 150 Å². The van der Waals surface area contributed by atoms with Crippen molar-refractivity contribution in [2.45, 2.75) is 19.8 Å². The van der Waals surface area contributed by atoms with E-state index in [0.29, 0.717) is 0 Å². The van der Waals surface area contributed by atoms with Crippen LogP contribution in [0, 0.1) is 0 Å². The Bertz CT molecular complexity index is 1170. The van der Waals surface area contributed by atoms with Gasteiger partial charge >= 0.3 is 0 Å². The van der Waals surface area contributed by atoms with E-state index in [1.54, 1.807) is 6.08 Å². The molecule has 0 unspecified atom stereocenters. The van der Waals surface area contributed by atoms with Gasteiger partial charge in [-0.25, -0.2) is 0 Å². The monoisotopic (exact) mass is 451 g/mol. The molecule has 3 rings (SSSR count). The lowest BCUT2D eigenvalue weighted by molar-refractivity contribution is 0.966. The average molecular weight is 452 g/mol. The molecule has 1 aliphatic carbocycles. The molecule has 0 spiro atoms. The molecule has 2 aromatic rings. The summed E-state index contributed by atoms with van der Waals surface area (Å²) < 4.78 is 0. The van der Waals surface area contributed by atoms with Gasteiger partial charge in [0.2, 0.25) is 0 Å². The molecule has 166 valence electrons. The van der Waals surface area contributed by atoms with Crippen LogP contribution in [0.25, 0.3) is 11.1 Å². The van der Waals surface area contributed by atoms with Crippen LogP contribution in [0.5, 0.6) is 0 Å². The van der Waals surface area contributed by atoms with Gasteiger partial charge in [0.1, 0.15) is 0 Å². The number of benzene rings is 2. The van der Waals surface area contributed by atoms with Gasteiger partial charge in [0.25, 0.3) is 0 Å². The molecule has 0 bridgehead atoms. The van der Waals surface area contributed by atoms with Gasteiger partial charge in [-0.3, -0.25) is 0 Å². The van der Waals surface area contributed by atoms with Crippen LogP contribution in [0.2, 0.25) is 0 Å². The van der Waals surface area contributed by atoms with Crippen LogP contribution in [0.1, 0.15) is 30.9 Å². The normalized spacial score (nSPS) is 14.8. The second-order valence-electron chi connectivity index (χ2n) is 7.65. The first-order valence-electron chi connectivity index (χ1n) is 11.1. The smallest absolute Gasteiger partial charge is 0.0459 e. The number of nitrogens with one attached hydrogen (secondary N) is 1. The maximum atomic E-state index is 6.62. The minimum absolute atomic E-state index is 0.819. The van der Waals surface area contributed by atoms with Crippen LogP contribution in [0.3, 0.4) is 0 Å². The lowest BCUT2D eigenvalue weighted by Gasteiger charge is -2.19. The maximum Gasteiger partial charge on any atom is 0.0459 e. The topological polar surface area (TPSA) is 12.0 Å². The van der Waals surface area contributed by atoms with E-state index in [2.05, 4.69) is 61.1 Å². The highest BCUT2D eigenvalue weighted by Crippen LogP contribution is 2.36.